The highest BCUT2D eigenvalue weighted by molar-refractivity contribution is 5.88. The molecule has 0 aliphatic rings. The molecule has 0 amide bonds. The molecule has 0 saturated heterocycles. The van der Waals surface area contributed by atoms with Gasteiger partial charge in [0.2, 0.25) is 0 Å². The lowest BCUT2D eigenvalue weighted by Crippen LogP contribution is -2.16. The molecule has 0 saturated carbocycles. The largest absolute Gasteiger partial charge is 0.478 e. The molecule has 0 fully saturated rings. The first-order valence-corrected chi connectivity index (χ1v) is 6.62. The third-order valence-electron chi connectivity index (χ3n) is 2.92. The molecule has 0 unspecified atom stereocenters. The lowest BCUT2D eigenvalue weighted by molar-refractivity contribution is 0.0696. The van der Waals surface area contributed by atoms with Crippen LogP contribution >= 0.6 is 0 Å². The van der Waals surface area contributed by atoms with E-state index in [0.717, 1.165) is 11.4 Å². The van der Waals surface area contributed by atoms with Crippen LogP contribution in [0, 0.1) is 0 Å². The van der Waals surface area contributed by atoms with Crippen LogP contribution in [0.1, 0.15) is 42.5 Å². The predicted molar refractivity (Wildman–Crippen MR) is 79.3 cm³/mol. The van der Waals surface area contributed by atoms with Crippen LogP contribution in [0.3, 0.4) is 0 Å². The number of hydrogen-bond donors (Lipinski definition) is 2. The van der Waals surface area contributed by atoms with Crippen LogP contribution in [0.5, 0.6) is 0 Å². The van der Waals surface area contributed by atoms with E-state index >= 15 is 0 Å². The van der Waals surface area contributed by atoms with Gasteiger partial charge in [0.25, 0.3) is 0 Å². The summed E-state index contributed by atoms with van der Waals surface area (Å²) in [5.74, 6) is -0.448. The van der Waals surface area contributed by atoms with Gasteiger partial charge in [-0.15, -0.1) is 0 Å². The molecule has 2 aromatic heterocycles. The van der Waals surface area contributed by atoms with Crippen molar-refractivity contribution in [2.75, 3.05) is 5.32 Å². The summed E-state index contributed by atoms with van der Waals surface area (Å²) in [7, 11) is 0. The fourth-order valence-corrected chi connectivity index (χ4v) is 1.74. The molecule has 6 heteroatoms. The van der Waals surface area contributed by atoms with E-state index in [4.69, 9.17) is 0 Å². The van der Waals surface area contributed by atoms with Crippen LogP contribution in [0.15, 0.2) is 30.5 Å². The number of carboxylic acid groups (broad SMARTS) is 1. The molecular weight excluding hydrogens is 268 g/mol. The smallest absolute Gasteiger partial charge is 0.335 e. The number of aromatic carboxylic acids is 1. The van der Waals surface area contributed by atoms with Crippen molar-refractivity contribution in [3.8, 4) is 0 Å². The lowest BCUT2D eigenvalue weighted by atomic mass is 9.91. The number of anilines is 1. The van der Waals surface area contributed by atoms with Crippen LogP contribution in [-0.4, -0.2) is 26.3 Å². The van der Waals surface area contributed by atoms with Gasteiger partial charge in [-0.1, -0.05) is 20.8 Å². The van der Waals surface area contributed by atoms with Crippen LogP contribution in [0.25, 0.3) is 0 Å². The molecule has 2 heterocycles. The second-order valence-electron chi connectivity index (χ2n) is 5.75. The maximum Gasteiger partial charge on any atom is 0.335 e. The summed E-state index contributed by atoms with van der Waals surface area (Å²) in [6, 6.07) is 6.77. The van der Waals surface area contributed by atoms with Gasteiger partial charge in [-0.05, 0) is 24.3 Å². The van der Waals surface area contributed by atoms with E-state index in [9.17, 15) is 9.90 Å². The number of nitrogens with one attached hydrogen (secondary N) is 1. The second-order valence-corrected chi connectivity index (χ2v) is 5.75. The minimum Gasteiger partial charge on any atom is -0.478 e. The summed E-state index contributed by atoms with van der Waals surface area (Å²) in [4.78, 5) is 15.7. The van der Waals surface area contributed by atoms with Crippen LogP contribution in [-0.2, 0) is 12.0 Å². The molecule has 0 aromatic carbocycles. The van der Waals surface area contributed by atoms with E-state index in [2.05, 4.69) is 20.5 Å². The Balaban J connectivity index is 2.26. The minimum absolute atomic E-state index is 0.219. The zero-order valence-electron chi connectivity index (χ0n) is 12.3. The zero-order valence-corrected chi connectivity index (χ0v) is 12.3. The molecule has 2 N–H and O–H groups in total. The van der Waals surface area contributed by atoms with Crippen LogP contribution < -0.4 is 5.32 Å². The third-order valence-corrected chi connectivity index (χ3v) is 2.92. The Bertz CT molecular complexity index is 636. The van der Waals surface area contributed by atoms with Gasteiger partial charge in [-0.3, -0.25) is 0 Å². The fourth-order valence-electron chi connectivity index (χ4n) is 1.74. The van der Waals surface area contributed by atoms with Gasteiger partial charge >= 0.3 is 5.97 Å². The van der Waals surface area contributed by atoms with Gasteiger partial charge < -0.3 is 10.4 Å². The van der Waals surface area contributed by atoms with Crippen molar-refractivity contribution >= 4 is 11.8 Å². The molecule has 0 bridgehead atoms. The Hall–Kier alpha value is -2.50. The summed E-state index contributed by atoms with van der Waals surface area (Å²) in [6.07, 6.45) is 1.60. The summed E-state index contributed by atoms with van der Waals surface area (Å²) < 4.78 is 0. The zero-order chi connectivity index (χ0) is 15.5. The monoisotopic (exact) mass is 286 g/mol. The first-order chi connectivity index (χ1) is 9.86. The summed E-state index contributed by atoms with van der Waals surface area (Å²) in [5, 5.41) is 20.1. The minimum atomic E-state index is -0.967. The van der Waals surface area contributed by atoms with Gasteiger partial charge in [0.15, 0.2) is 0 Å². The first kappa shape index (κ1) is 14.9. The van der Waals surface area contributed by atoms with Crippen molar-refractivity contribution in [1.29, 1.82) is 0 Å². The Morgan fingerprint density at radius 3 is 2.67 bits per heavy atom. The highest BCUT2D eigenvalue weighted by Crippen LogP contribution is 2.23. The molecular formula is C15H18N4O2. The van der Waals surface area contributed by atoms with E-state index in [-0.39, 0.29) is 11.0 Å². The molecule has 0 aliphatic heterocycles. The standard InChI is InChI=1S/C15H18N4O2/c1-15(2,3)12-7-10(14(20)21)8-13(18-12)16-9-11-5-4-6-17-19-11/h4-8H,9H2,1-3H3,(H,16,18)(H,20,21). The molecule has 0 aliphatic carbocycles. The van der Waals surface area contributed by atoms with E-state index in [1.807, 2.05) is 26.8 Å². The Morgan fingerprint density at radius 1 is 1.33 bits per heavy atom. The highest BCUT2D eigenvalue weighted by atomic mass is 16.4. The molecule has 2 aromatic rings. The quantitative estimate of drug-likeness (QED) is 0.897. The topological polar surface area (TPSA) is 88.0 Å². The van der Waals surface area contributed by atoms with Gasteiger partial charge in [0, 0.05) is 17.3 Å². The van der Waals surface area contributed by atoms with Crippen molar-refractivity contribution in [2.24, 2.45) is 0 Å². The molecule has 0 atom stereocenters. The maximum absolute atomic E-state index is 11.2. The van der Waals surface area contributed by atoms with E-state index in [1.165, 1.54) is 6.07 Å². The SMILES string of the molecule is CC(C)(C)c1cc(C(=O)O)cc(NCc2cccnn2)n1. The lowest BCUT2D eigenvalue weighted by Gasteiger charge is -2.19. The third kappa shape index (κ3) is 3.98. The normalized spacial score (nSPS) is 11.2. The average Bonchev–Trinajstić information content (AvgIpc) is 2.45. The molecule has 6 nitrogen and oxygen atoms in total. The number of carboxylic acids is 1. The molecule has 2 rings (SSSR count). The molecule has 0 spiro atoms. The Morgan fingerprint density at radius 2 is 2.10 bits per heavy atom. The summed E-state index contributed by atoms with van der Waals surface area (Å²) in [5.41, 5.74) is 1.48. The number of aromatic nitrogens is 3. The number of nitrogens with zero attached hydrogens (tertiary/aromatic N) is 3. The number of carbonyl (C=O) groups is 1. The van der Waals surface area contributed by atoms with E-state index < -0.39 is 5.97 Å². The highest BCUT2D eigenvalue weighted by Gasteiger charge is 2.19. The van der Waals surface area contributed by atoms with Crippen molar-refractivity contribution in [3.05, 3.63) is 47.4 Å². The second kappa shape index (κ2) is 5.87. The average molecular weight is 286 g/mol. The van der Waals surface area contributed by atoms with Gasteiger partial charge in [0.1, 0.15) is 5.82 Å². The number of pyridine rings is 1. The van der Waals surface area contributed by atoms with E-state index in [1.54, 1.807) is 18.3 Å². The van der Waals surface area contributed by atoms with Crippen molar-refractivity contribution in [1.82, 2.24) is 15.2 Å². The molecule has 0 radical (unpaired) electrons. The molecule has 110 valence electrons. The van der Waals surface area contributed by atoms with Crippen LogP contribution in [0.2, 0.25) is 0 Å². The maximum atomic E-state index is 11.2. The number of rotatable bonds is 4. The van der Waals surface area contributed by atoms with Gasteiger partial charge in [-0.25, -0.2) is 9.78 Å². The van der Waals surface area contributed by atoms with Gasteiger partial charge in [0.05, 0.1) is 17.8 Å². The fraction of sp³-hybridized carbons (Fsp3) is 0.333. The van der Waals surface area contributed by atoms with Gasteiger partial charge in [-0.2, -0.15) is 10.2 Å². The predicted octanol–water partition coefficient (Wildman–Crippen LogP) is 2.48. The Kier molecular flexibility index (Phi) is 4.16. The van der Waals surface area contributed by atoms with Crippen LogP contribution in [0.4, 0.5) is 5.82 Å². The van der Waals surface area contributed by atoms with Crippen molar-refractivity contribution < 1.29 is 9.90 Å². The first-order valence-electron chi connectivity index (χ1n) is 6.62. The summed E-state index contributed by atoms with van der Waals surface area (Å²) in [6.45, 7) is 6.42. The van der Waals surface area contributed by atoms with Crippen molar-refractivity contribution in [2.45, 2.75) is 32.7 Å². The Labute approximate surface area is 123 Å². The van der Waals surface area contributed by atoms with E-state index in [0.29, 0.717) is 12.4 Å². The summed E-state index contributed by atoms with van der Waals surface area (Å²) >= 11 is 0. The van der Waals surface area contributed by atoms with Crippen molar-refractivity contribution in [3.63, 3.8) is 0 Å². The number of hydrogen-bond acceptors (Lipinski definition) is 5. The molecule has 21 heavy (non-hydrogen) atoms.